The minimum Gasteiger partial charge on any atom is -0.207 e. The predicted molar refractivity (Wildman–Crippen MR) is 61.7 cm³/mol. The SMILES string of the molecule is Fc1ccc2nsnc2c1.c1ccsc1. The number of hydrogen-bond donors (Lipinski definition) is 0. The highest BCUT2D eigenvalue weighted by molar-refractivity contribution is 7.07. The smallest absolute Gasteiger partial charge is 0.125 e. The van der Waals surface area contributed by atoms with Crippen molar-refractivity contribution in [2.45, 2.75) is 0 Å². The molecule has 0 unspecified atom stereocenters. The largest absolute Gasteiger partial charge is 0.207 e. The van der Waals surface area contributed by atoms with Crippen LogP contribution in [0.3, 0.4) is 0 Å². The Balaban J connectivity index is 0.000000144. The second-order valence-corrected chi connectivity index (χ2v) is 4.04. The van der Waals surface area contributed by atoms with Crippen LogP contribution in [0, 0.1) is 5.82 Å². The molecule has 76 valence electrons. The van der Waals surface area contributed by atoms with E-state index in [1.54, 1.807) is 17.4 Å². The van der Waals surface area contributed by atoms with E-state index in [1.165, 1.54) is 12.1 Å². The van der Waals surface area contributed by atoms with Gasteiger partial charge in [0, 0.05) is 6.07 Å². The van der Waals surface area contributed by atoms with Crippen molar-refractivity contribution in [3.8, 4) is 0 Å². The second-order valence-electron chi connectivity index (χ2n) is 2.69. The molecule has 3 rings (SSSR count). The summed E-state index contributed by atoms with van der Waals surface area (Å²) in [6.45, 7) is 0. The third-order valence-electron chi connectivity index (χ3n) is 1.64. The first kappa shape index (κ1) is 10.2. The summed E-state index contributed by atoms with van der Waals surface area (Å²) in [4.78, 5) is 0. The summed E-state index contributed by atoms with van der Waals surface area (Å²) in [5.41, 5.74) is 1.39. The third kappa shape index (κ3) is 2.81. The van der Waals surface area contributed by atoms with E-state index in [-0.39, 0.29) is 5.82 Å². The molecule has 15 heavy (non-hydrogen) atoms. The van der Waals surface area contributed by atoms with Crippen molar-refractivity contribution in [3.63, 3.8) is 0 Å². The maximum Gasteiger partial charge on any atom is 0.125 e. The van der Waals surface area contributed by atoms with E-state index in [0.29, 0.717) is 5.52 Å². The number of halogens is 1. The lowest BCUT2D eigenvalue weighted by atomic mass is 10.3. The van der Waals surface area contributed by atoms with Crippen molar-refractivity contribution >= 4 is 34.1 Å². The van der Waals surface area contributed by atoms with Gasteiger partial charge < -0.3 is 0 Å². The van der Waals surface area contributed by atoms with Crippen molar-refractivity contribution in [1.29, 1.82) is 0 Å². The maximum atomic E-state index is 12.5. The van der Waals surface area contributed by atoms with E-state index in [0.717, 1.165) is 17.2 Å². The van der Waals surface area contributed by atoms with E-state index < -0.39 is 0 Å². The van der Waals surface area contributed by atoms with Crippen molar-refractivity contribution in [3.05, 3.63) is 46.9 Å². The Bertz CT molecular complexity index is 502. The lowest BCUT2D eigenvalue weighted by molar-refractivity contribution is 0.629. The first-order valence-corrected chi connectivity index (χ1v) is 5.88. The third-order valence-corrected chi connectivity index (χ3v) is 2.83. The molecule has 0 saturated carbocycles. The maximum absolute atomic E-state index is 12.5. The highest BCUT2D eigenvalue weighted by Gasteiger charge is 1.97. The quantitative estimate of drug-likeness (QED) is 0.598. The molecule has 0 aliphatic rings. The molecule has 0 spiro atoms. The standard InChI is InChI=1S/C6H3FN2S.C4H4S/c7-4-1-2-5-6(3-4)9-10-8-5;1-2-4-5-3-1/h1-3H;1-4H. The van der Waals surface area contributed by atoms with Crippen LogP contribution in [-0.2, 0) is 0 Å². The van der Waals surface area contributed by atoms with Gasteiger partial charge in [-0.1, -0.05) is 12.1 Å². The number of rotatable bonds is 0. The summed E-state index contributed by atoms with van der Waals surface area (Å²) in [5, 5.41) is 4.08. The fourth-order valence-electron chi connectivity index (χ4n) is 0.982. The number of benzene rings is 1. The first-order chi connectivity index (χ1) is 7.36. The van der Waals surface area contributed by atoms with Crippen LogP contribution in [0.5, 0.6) is 0 Å². The van der Waals surface area contributed by atoms with Crippen molar-refractivity contribution in [1.82, 2.24) is 8.75 Å². The van der Waals surface area contributed by atoms with Gasteiger partial charge in [-0.05, 0) is 22.9 Å². The molecule has 3 aromatic rings. The molecule has 2 heterocycles. The zero-order valence-electron chi connectivity index (χ0n) is 7.63. The zero-order valence-corrected chi connectivity index (χ0v) is 9.26. The molecular formula is C10H7FN2S2. The molecule has 1 aromatic carbocycles. The summed E-state index contributed by atoms with van der Waals surface area (Å²) in [7, 11) is 0. The molecule has 0 bridgehead atoms. The van der Waals surface area contributed by atoms with Crippen LogP contribution in [0.25, 0.3) is 11.0 Å². The Kier molecular flexibility index (Phi) is 3.37. The highest BCUT2D eigenvalue weighted by Crippen LogP contribution is 2.11. The molecule has 0 radical (unpaired) electrons. The Morgan fingerprint density at radius 2 is 1.73 bits per heavy atom. The monoisotopic (exact) mass is 238 g/mol. The molecule has 0 saturated heterocycles. The number of aromatic nitrogens is 2. The number of fused-ring (bicyclic) bond motifs is 1. The van der Waals surface area contributed by atoms with Gasteiger partial charge in [0.15, 0.2) is 0 Å². The Morgan fingerprint density at radius 3 is 2.40 bits per heavy atom. The van der Waals surface area contributed by atoms with E-state index in [4.69, 9.17) is 0 Å². The predicted octanol–water partition coefficient (Wildman–Crippen LogP) is 3.58. The minimum absolute atomic E-state index is 0.264. The lowest BCUT2D eigenvalue weighted by Crippen LogP contribution is -1.72. The molecule has 0 N–H and O–H groups in total. The molecule has 0 atom stereocenters. The number of thiophene rings is 1. The summed E-state index contributed by atoms with van der Waals surface area (Å²) in [6.07, 6.45) is 0. The van der Waals surface area contributed by atoms with Gasteiger partial charge in [-0.3, -0.25) is 0 Å². The minimum atomic E-state index is -0.264. The molecular weight excluding hydrogens is 231 g/mol. The summed E-state index contributed by atoms with van der Waals surface area (Å²) in [5.74, 6) is -0.264. The first-order valence-electron chi connectivity index (χ1n) is 4.21. The summed E-state index contributed by atoms with van der Waals surface area (Å²) in [6, 6.07) is 8.41. The zero-order chi connectivity index (χ0) is 10.5. The van der Waals surface area contributed by atoms with Crippen LogP contribution < -0.4 is 0 Å². The second kappa shape index (κ2) is 4.95. The normalized spacial score (nSPS) is 9.67. The Morgan fingerprint density at radius 1 is 1.00 bits per heavy atom. The van der Waals surface area contributed by atoms with E-state index in [2.05, 4.69) is 8.75 Å². The molecule has 0 aliphatic carbocycles. The summed E-state index contributed by atoms with van der Waals surface area (Å²) < 4.78 is 20.2. The number of hydrogen-bond acceptors (Lipinski definition) is 4. The topological polar surface area (TPSA) is 25.8 Å². The lowest BCUT2D eigenvalue weighted by Gasteiger charge is -1.84. The van der Waals surface area contributed by atoms with Crippen molar-refractivity contribution in [2.75, 3.05) is 0 Å². The highest BCUT2D eigenvalue weighted by atomic mass is 32.1. The molecule has 2 aromatic heterocycles. The van der Waals surface area contributed by atoms with Gasteiger partial charge in [-0.15, -0.1) is 0 Å². The van der Waals surface area contributed by atoms with Gasteiger partial charge in [0.2, 0.25) is 0 Å². The van der Waals surface area contributed by atoms with Gasteiger partial charge in [0.1, 0.15) is 16.9 Å². The van der Waals surface area contributed by atoms with Crippen LogP contribution in [0.2, 0.25) is 0 Å². The molecule has 0 amide bonds. The number of nitrogens with zero attached hydrogens (tertiary/aromatic N) is 2. The Hall–Kier alpha value is -1.33. The van der Waals surface area contributed by atoms with Gasteiger partial charge >= 0.3 is 0 Å². The van der Waals surface area contributed by atoms with E-state index >= 15 is 0 Å². The van der Waals surface area contributed by atoms with Crippen molar-refractivity contribution < 1.29 is 4.39 Å². The molecule has 2 nitrogen and oxygen atoms in total. The molecule has 0 aliphatic heterocycles. The Labute approximate surface area is 94.3 Å². The molecule has 5 heteroatoms. The average Bonchev–Trinajstić information content (AvgIpc) is 2.91. The van der Waals surface area contributed by atoms with Crippen LogP contribution in [0.1, 0.15) is 0 Å². The van der Waals surface area contributed by atoms with Crippen LogP contribution in [0.15, 0.2) is 41.1 Å². The summed E-state index contributed by atoms with van der Waals surface area (Å²) >= 11 is 2.81. The fourth-order valence-corrected chi connectivity index (χ4v) is 1.95. The van der Waals surface area contributed by atoms with Crippen molar-refractivity contribution in [2.24, 2.45) is 0 Å². The van der Waals surface area contributed by atoms with Gasteiger partial charge in [-0.2, -0.15) is 20.1 Å². The van der Waals surface area contributed by atoms with Crippen LogP contribution in [-0.4, -0.2) is 8.75 Å². The van der Waals surface area contributed by atoms with Gasteiger partial charge in [0.05, 0.1) is 11.7 Å². The van der Waals surface area contributed by atoms with Crippen LogP contribution in [0.4, 0.5) is 4.39 Å². The van der Waals surface area contributed by atoms with Crippen LogP contribution >= 0.6 is 23.1 Å². The fraction of sp³-hybridized carbons (Fsp3) is 0. The molecule has 0 fully saturated rings. The van der Waals surface area contributed by atoms with Gasteiger partial charge in [0.25, 0.3) is 0 Å². The van der Waals surface area contributed by atoms with E-state index in [1.807, 2.05) is 22.9 Å². The van der Waals surface area contributed by atoms with E-state index in [9.17, 15) is 4.39 Å². The average molecular weight is 238 g/mol. The van der Waals surface area contributed by atoms with Gasteiger partial charge in [-0.25, -0.2) is 4.39 Å².